The van der Waals surface area contributed by atoms with Gasteiger partial charge in [0.15, 0.2) is 23.3 Å². The lowest BCUT2D eigenvalue weighted by Crippen LogP contribution is -2.64. The summed E-state index contributed by atoms with van der Waals surface area (Å²) in [4.78, 5) is 32.2. The summed E-state index contributed by atoms with van der Waals surface area (Å²) in [5.41, 5.74) is 5.06. The van der Waals surface area contributed by atoms with E-state index in [-0.39, 0.29) is 0 Å². The van der Waals surface area contributed by atoms with Crippen LogP contribution in [0.3, 0.4) is 0 Å². The molecule has 11 heteroatoms. The molecular weight excluding hydrogens is 677 g/mol. The molecule has 0 atom stereocenters. The first-order valence-electron chi connectivity index (χ1n) is 18.7. The smallest absolute Gasteiger partial charge is 0.361 e. The zero-order chi connectivity index (χ0) is 35.5. The Balaban J connectivity index is 1.46. The Morgan fingerprint density at radius 2 is 0.811 bits per heavy atom. The van der Waals surface area contributed by atoms with Crippen molar-refractivity contribution in [1.29, 1.82) is 0 Å². The number of rotatable bonds is 10. The second-order valence-electron chi connectivity index (χ2n) is 13.8. The highest BCUT2D eigenvalue weighted by Crippen LogP contribution is 2.43. The van der Waals surface area contributed by atoms with Gasteiger partial charge in [0.1, 0.15) is 22.6 Å². The summed E-state index contributed by atoms with van der Waals surface area (Å²) in [7, 11) is -3.99. The summed E-state index contributed by atoms with van der Waals surface area (Å²) in [6.07, 6.45) is 5.91. The van der Waals surface area contributed by atoms with Crippen LogP contribution in [0.25, 0.3) is 21.5 Å². The molecule has 0 unspecified atom stereocenters. The van der Waals surface area contributed by atoms with E-state index in [9.17, 15) is 0 Å². The maximum atomic E-state index is 7.49. The second-order valence-corrected chi connectivity index (χ2v) is 16.3. The van der Waals surface area contributed by atoms with Gasteiger partial charge in [-0.2, -0.15) is 0 Å². The van der Waals surface area contributed by atoms with Gasteiger partial charge in [-0.3, -0.25) is 8.47 Å². The van der Waals surface area contributed by atoms with E-state index in [0.29, 0.717) is 59.2 Å². The predicted octanol–water partition coefficient (Wildman–Crippen LogP) is 7.79. The third-order valence-electron chi connectivity index (χ3n) is 10.4. The minimum Gasteiger partial charge on any atom is -0.361 e. The summed E-state index contributed by atoms with van der Waals surface area (Å²) in [6, 6.07) is 33.0. The second kappa shape index (κ2) is 12.8. The molecule has 0 N–H and O–H groups in total. The molecule has 4 aliphatic rings. The van der Waals surface area contributed by atoms with Gasteiger partial charge in [-0.05, 0) is 12.8 Å². The van der Waals surface area contributed by atoms with E-state index in [1.807, 2.05) is 24.3 Å². The van der Waals surface area contributed by atoms with E-state index >= 15 is 0 Å². The highest BCUT2D eigenvalue weighted by Gasteiger charge is 2.52. The lowest BCUT2D eigenvalue weighted by atomic mass is 10.1. The zero-order valence-electron chi connectivity index (χ0n) is 29.8. The molecule has 6 bridgehead atoms. The van der Waals surface area contributed by atoms with Gasteiger partial charge < -0.3 is 8.85 Å². The van der Waals surface area contributed by atoms with Crippen LogP contribution in [0.2, 0.25) is 0 Å². The molecule has 6 aromatic rings. The standard InChI is InChI=1S/C42H38N8O2Si/c1-3-5-15-25-51-53(52-26-16-6-4-2)49-39-31-21-11-12-22-32(31)41(49)47-37-29-19-9-10-20-30(29)38(44-37)48-42-34-24-14-13-23-33(34)40(50(42)53)46-36-28-18-8-7-17-27(28)35(43-36)45-39/h7-14,17-24H,3-6,15-16,25-26H2,1-2H3. The first-order chi connectivity index (χ1) is 26.2. The predicted molar refractivity (Wildman–Crippen MR) is 212 cm³/mol. The van der Waals surface area contributed by atoms with Gasteiger partial charge in [0.2, 0.25) is 0 Å². The molecule has 6 heterocycles. The molecule has 0 fully saturated rings. The van der Waals surface area contributed by atoms with Gasteiger partial charge >= 0.3 is 8.88 Å². The van der Waals surface area contributed by atoms with Gasteiger partial charge in [-0.15, -0.1) is 0 Å². The van der Waals surface area contributed by atoms with Crippen LogP contribution in [0.1, 0.15) is 74.6 Å². The molecular formula is C42H38N8O2Si. The van der Waals surface area contributed by atoms with Crippen molar-refractivity contribution in [3.8, 4) is 0 Å². The lowest BCUT2D eigenvalue weighted by Gasteiger charge is -2.33. The maximum Gasteiger partial charge on any atom is 0.603 e. The van der Waals surface area contributed by atoms with Crippen LogP contribution in [-0.4, -0.2) is 53.9 Å². The number of aliphatic imine (C=N–C) groups is 4. The minimum atomic E-state index is -3.99. The minimum absolute atomic E-state index is 0.476. The summed E-state index contributed by atoms with van der Waals surface area (Å²) < 4.78 is 19.3. The Kier molecular flexibility index (Phi) is 7.74. The Labute approximate surface area is 307 Å². The van der Waals surface area contributed by atoms with Crippen LogP contribution < -0.4 is 11.0 Å². The summed E-state index contributed by atoms with van der Waals surface area (Å²) in [6.45, 7) is 5.37. The van der Waals surface area contributed by atoms with Crippen LogP contribution in [-0.2, 0) is 8.85 Å². The van der Waals surface area contributed by atoms with Crippen molar-refractivity contribution in [2.45, 2.75) is 52.4 Å². The van der Waals surface area contributed by atoms with E-state index in [1.165, 1.54) is 0 Å². The van der Waals surface area contributed by atoms with Crippen LogP contribution in [0, 0.1) is 0 Å². The molecule has 0 radical (unpaired) electrons. The first-order valence-corrected chi connectivity index (χ1v) is 20.4. The monoisotopic (exact) mass is 714 g/mol. The number of aromatic nitrogens is 2. The fraction of sp³-hybridized carbons (Fsp3) is 0.238. The number of unbranched alkanes of at least 4 members (excludes halogenated alkanes) is 4. The van der Waals surface area contributed by atoms with E-state index in [1.54, 1.807) is 0 Å². The van der Waals surface area contributed by atoms with Crippen LogP contribution in [0.4, 0.5) is 11.6 Å². The molecule has 0 amide bonds. The zero-order valence-corrected chi connectivity index (χ0v) is 30.8. The highest BCUT2D eigenvalue weighted by molar-refractivity contribution is 6.66. The molecule has 10 nitrogen and oxygen atoms in total. The van der Waals surface area contributed by atoms with Crippen molar-refractivity contribution in [1.82, 2.24) is 8.47 Å². The quantitative estimate of drug-likeness (QED) is 0.107. The van der Waals surface area contributed by atoms with Crippen LogP contribution in [0.5, 0.6) is 0 Å². The number of fused-ring (bicyclic) bond motifs is 14. The van der Waals surface area contributed by atoms with Gasteiger partial charge in [0, 0.05) is 57.0 Å². The lowest BCUT2D eigenvalue weighted by molar-refractivity contribution is 0.143. The van der Waals surface area contributed by atoms with Gasteiger partial charge in [0.25, 0.3) is 0 Å². The molecule has 4 aromatic carbocycles. The van der Waals surface area contributed by atoms with Crippen molar-refractivity contribution in [2.24, 2.45) is 30.0 Å². The topological polar surface area (TPSA) is 102 Å². The van der Waals surface area contributed by atoms with Crippen LogP contribution >= 0.6 is 0 Å². The van der Waals surface area contributed by atoms with Crippen molar-refractivity contribution in [3.05, 3.63) is 130 Å². The average Bonchev–Trinajstić information content (AvgIpc) is 3.91. The number of nitrogens with zero attached hydrogens (tertiary/aromatic N) is 8. The molecule has 0 saturated carbocycles. The molecule has 2 aromatic heterocycles. The molecule has 4 aliphatic heterocycles. The molecule has 0 aliphatic carbocycles. The van der Waals surface area contributed by atoms with Gasteiger partial charge in [-0.25, -0.2) is 30.0 Å². The van der Waals surface area contributed by atoms with Crippen LogP contribution in [0.15, 0.2) is 127 Å². The number of hydrogen-bond acceptors (Lipinski definition) is 8. The summed E-state index contributed by atoms with van der Waals surface area (Å²) in [5.74, 6) is 3.73. The number of amidine groups is 4. The van der Waals surface area contributed by atoms with Crippen molar-refractivity contribution >= 4 is 65.4 Å². The largest absolute Gasteiger partial charge is 0.603 e. The summed E-state index contributed by atoms with van der Waals surface area (Å²) >= 11 is 0. The Morgan fingerprint density at radius 1 is 0.434 bits per heavy atom. The molecule has 53 heavy (non-hydrogen) atoms. The Bertz CT molecular complexity index is 2560. The molecule has 10 rings (SSSR count). The third kappa shape index (κ3) is 4.91. The fourth-order valence-corrected chi connectivity index (χ4v) is 11.2. The first kappa shape index (κ1) is 32.1. The SMILES string of the molecule is CCCCCO[Si]1(OCCCCC)n2c3c4ccccc4c2N=C2N=C(N=c4c5ccccc5c(n41)=NC1=NC(=N3)c3ccccc31)c1ccccc12. The molecule has 0 saturated heterocycles. The Morgan fingerprint density at radius 3 is 1.23 bits per heavy atom. The van der Waals surface area contributed by atoms with E-state index in [0.717, 1.165) is 82.3 Å². The normalized spacial score (nSPS) is 15.9. The number of benzene rings is 4. The van der Waals surface area contributed by atoms with Gasteiger partial charge in [0.05, 0.1) is 0 Å². The van der Waals surface area contributed by atoms with Crippen molar-refractivity contribution in [2.75, 3.05) is 13.2 Å². The van der Waals surface area contributed by atoms with E-state index in [4.69, 9.17) is 38.8 Å². The molecule has 262 valence electrons. The Hall–Kier alpha value is -5.62. The van der Waals surface area contributed by atoms with Crippen molar-refractivity contribution in [3.63, 3.8) is 0 Å². The molecule has 0 spiro atoms. The highest BCUT2D eigenvalue weighted by atomic mass is 28.4. The average molecular weight is 715 g/mol. The van der Waals surface area contributed by atoms with E-state index in [2.05, 4.69) is 95.1 Å². The number of hydrogen-bond donors (Lipinski definition) is 0. The maximum absolute atomic E-state index is 7.49. The fourth-order valence-electron chi connectivity index (χ4n) is 7.85. The van der Waals surface area contributed by atoms with E-state index < -0.39 is 8.88 Å². The van der Waals surface area contributed by atoms with Gasteiger partial charge in [-0.1, -0.05) is 137 Å². The van der Waals surface area contributed by atoms with Crippen molar-refractivity contribution < 1.29 is 8.85 Å². The summed E-state index contributed by atoms with van der Waals surface area (Å²) in [5, 5.41) is 3.71. The third-order valence-corrected chi connectivity index (χ3v) is 13.5.